The summed E-state index contributed by atoms with van der Waals surface area (Å²) in [6.07, 6.45) is 57.5. The van der Waals surface area contributed by atoms with Crippen LogP contribution in [0.3, 0.4) is 0 Å². The van der Waals surface area contributed by atoms with Gasteiger partial charge in [0.2, 0.25) is 0 Å². The summed E-state index contributed by atoms with van der Waals surface area (Å²) in [5.41, 5.74) is 0. The first-order chi connectivity index (χ1) is 48.1. The van der Waals surface area contributed by atoms with Crippen LogP contribution < -0.4 is 0 Å². The molecule has 100 heavy (non-hydrogen) atoms. The maximum atomic E-state index is 13.1. The number of carbonyl (C=O) groups is 4. The quantitative estimate of drug-likeness (QED) is 0.0222. The van der Waals surface area contributed by atoms with Gasteiger partial charge in [0.1, 0.15) is 19.3 Å². The van der Waals surface area contributed by atoms with Gasteiger partial charge in [-0.1, -0.05) is 364 Å². The molecular weight excluding hydrogens is 1310 g/mol. The zero-order valence-corrected chi connectivity index (χ0v) is 67.6. The van der Waals surface area contributed by atoms with Gasteiger partial charge in [-0.25, -0.2) is 9.13 Å². The topological polar surface area (TPSA) is 237 Å². The average molecular weight is 1470 g/mol. The van der Waals surface area contributed by atoms with Crippen molar-refractivity contribution in [3.8, 4) is 0 Å². The molecule has 0 fully saturated rings. The molecule has 0 heterocycles. The molecule has 0 saturated heterocycles. The fourth-order valence-electron chi connectivity index (χ4n) is 12.4. The second-order valence-electron chi connectivity index (χ2n) is 31.1. The van der Waals surface area contributed by atoms with Crippen LogP contribution in [0.5, 0.6) is 0 Å². The van der Waals surface area contributed by atoms with Gasteiger partial charge in [0.15, 0.2) is 12.2 Å². The third kappa shape index (κ3) is 74.3. The summed E-state index contributed by atoms with van der Waals surface area (Å²) in [6.45, 7) is 14.1. The van der Waals surface area contributed by atoms with E-state index >= 15 is 0 Å². The van der Waals surface area contributed by atoms with Gasteiger partial charge >= 0.3 is 39.5 Å². The molecule has 0 aliphatic heterocycles. The lowest BCUT2D eigenvalue weighted by atomic mass is 10.0. The maximum Gasteiger partial charge on any atom is 0.472 e. The molecule has 0 aromatic rings. The molecule has 3 unspecified atom stereocenters. The molecular formula is C81H158O17P2. The first kappa shape index (κ1) is 98.1. The standard InChI is InChI=1S/C81H158O17P2/c1-71(2)57-49-41-33-29-25-21-17-13-9-11-15-19-23-27-31-35-45-53-61-78(83)91-67-77(98-81(86)64-56-48-40-38-44-52-60-74(7)8)70-96-100(89,90)94-66-75(82)65-93-99(87,88)95-69-76(68-92-79(84)62-54-46-39-37-43-51-59-73(5)6)97-80(85)63-55-47-36-32-28-24-20-16-12-10-14-18-22-26-30-34-42-50-58-72(3)4/h71-77,82H,9-70H2,1-8H3,(H,87,88)(H,89,90)/t75?,76-,77-/m1/s1. The van der Waals surface area contributed by atoms with Gasteiger partial charge in [-0.2, -0.15) is 0 Å². The molecule has 594 valence electrons. The predicted molar refractivity (Wildman–Crippen MR) is 409 cm³/mol. The van der Waals surface area contributed by atoms with Crippen molar-refractivity contribution in [1.29, 1.82) is 0 Å². The number of aliphatic hydroxyl groups is 1. The number of hydrogen-bond donors (Lipinski definition) is 3. The Morgan fingerprint density at radius 3 is 0.620 bits per heavy atom. The van der Waals surface area contributed by atoms with E-state index in [0.29, 0.717) is 37.5 Å². The van der Waals surface area contributed by atoms with Crippen molar-refractivity contribution in [2.75, 3.05) is 39.6 Å². The molecule has 3 N–H and O–H groups in total. The number of ether oxygens (including phenoxy) is 4. The molecule has 0 aliphatic carbocycles. The van der Waals surface area contributed by atoms with E-state index < -0.39 is 97.5 Å². The number of phosphoric acid groups is 2. The molecule has 0 aromatic carbocycles. The first-order valence-corrected chi connectivity index (χ1v) is 44.7. The van der Waals surface area contributed by atoms with Crippen molar-refractivity contribution in [1.82, 2.24) is 0 Å². The van der Waals surface area contributed by atoms with Crippen LogP contribution in [0.2, 0.25) is 0 Å². The van der Waals surface area contributed by atoms with E-state index in [2.05, 4.69) is 55.4 Å². The average Bonchev–Trinajstić information content (AvgIpc) is 0.916. The number of esters is 4. The van der Waals surface area contributed by atoms with Crippen molar-refractivity contribution in [2.45, 2.75) is 433 Å². The summed E-state index contributed by atoms with van der Waals surface area (Å²) in [4.78, 5) is 72.8. The van der Waals surface area contributed by atoms with Crippen LogP contribution in [-0.4, -0.2) is 96.7 Å². The Hall–Kier alpha value is -1.94. The van der Waals surface area contributed by atoms with Crippen LogP contribution >= 0.6 is 15.6 Å². The highest BCUT2D eigenvalue weighted by Gasteiger charge is 2.30. The second-order valence-corrected chi connectivity index (χ2v) is 34.0. The van der Waals surface area contributed by atoms with Crippen molar-refractivity contribution in [3.05, 3.63) is 0 Å². The number of aliphatic hydroxyl groups excluding tert-OH is 1. The molecule has 5 atom stereocenters. The van der Waals surface area contributed by atoms with Gasteiger partial charge in [-0.05, 0) is 49.4 Å². The van der Waals surface area contributed by atoms with E-state index in [1.165, 1.54) is 212 Å². The highest BCUT2D eigenvalue weighted by Crippen LogP contribution is 2.45. The number of unbranched alkanes of at least 4 members (excludes halogenated alkanes) is 44. The van der Waals surface area contributed by atoms with Crippen molar-refractivity contribution in [3.63, 3.8) is 0 Å². The summed E-state index contributed by atoms with van der Waals surface area (Å²) in [7, 11) is -9.91. The lowest BCUT2D eigenvalue weighted by Crippen LogP contribution is -2.30. The van der Waals surface area contributed by atoms with Crippen molar-refractivity contribution < 1.29 is 80.2 Å². The third-order valence-corrected chi connectivity index (χ3v) is 20.7. The van der Waals surface area contributed by atoms with E-state index in [1.807, 2.05) is 0 Å². The highest BCUT2D eigenvalue weighted by molar-refractivity contribution is 7.47. The molecule has 17 nitrogen and oxygen atoms in total. The van der Waals surface area contributed by atoms with Gasteiger partial charge in [-0.3, -0.25) is 37.3 Å². The molecule has 19 heteroatoms. The minimum atomic E-state index is -4.96. The Balaban J connectivity index is 5.07. The fourth-order valence-corrected chi connectivity index (χ4v) is 14.0. The van der Waals surface area contributed by atoms with E-state index in [4.69, 9.17) is 37.0 Å². The summed E-state index contributed by atoms with van der Waals surface area (Å²) < 4.78 is 68.5. The summed E-state index contributed by atoms with van der Waals surface area (Å²) >= 11 is 0. The van der Waals surface area contributed by atoms with Gasteiger partial charge in [0.05, 0.1) is 26.4 Å². The van der Waals surface area contributed by atoms with Gasteiger partial charge in [0.25, 0.3) is 0 Å². The normalized spacial score (nSPS) is 14.0. The van der Waals surface area contributed by atoms with E-state index in [1.54, 1.807) is 0 Å². The van der Waals surface area contributed by atoms with Crippen LogP contribution in [0.1, 0.15) is 415 Å². The lowest BCUT2D eigenvalue weighted by Gasteiger charge is -2.21. The Morgan fingerprint density at radius 1 is 0.250 bits per heavy atom. The van der Waals surface area contributed by atoms with Crippen molar-refractivity contribution >= 4 is 39.5 Å². The lowest BCUT2D eigenvalue weighted by molar-refractivity contribution is -0.161. The zero-order valence-electron chi connectivity index (χ0n) is 65.8. The molecule has 0 rings (SSSR count). The molecule has 0 amide bonds. The minimum Gasteiger partial charge on any atom is -0.462 e. The SMILES string of the molecule is CC(C)CCCCCCCCCCCCCCCCCCCCC(=O)OC[C@H](COP(=O)(O)OCC(O)COP(=O)(O)OC[C@@H](COC(=O)CCCCCCCCC(C)C)OC(=O)CCCCCCCCCCCCCCCCCCCCC(C)C)OC(=O)CCCCCCCCC(C)C. The number of hydrogen-bond acceptors (Lipinski definition) is 15. The molecule has 0 bridgehead atoms. The second kappa shape index (κ2) is 70.1. The summed E-state index contributed by atoms with van der Waals surface area (Å²) in [6, 6.07) is 0. The Morgan fingerprint density at radius 2 is 0.420 bits per heavy atom. The smallest absolute Gasteiger partial charge is 0.462 e. The third-order valence-electron chi connectivity index (χ3n) is 18.8. The highest BCUT2D eigenvalue weighted by atomic mass is 31.2. The van der Waals surface area contributed by atoms with Crippen LogP contribution in [0.15, 0.2) is 0 Å². The molecule has 0 aromatic heterocycles. The summed E-state index contributed by atoms with van der Waals surface area (Å²) in [5.74, 6) is 0.869. The summed E-state index contributed by atoms with van der Waals surface area (Å²) in [5, 5.41) is 10.6. The monoisotopic (exact) mass is 1470 g/mol. The van der Waals surface area contributed by atoms with Crippen molar-refractivity contribution in [2.24, 2.45) is 23.7 Å². The van der Waals surface area contributed by atoms with E-state index in [0.717, 1.165) is 108 Å². The largest absolute Gasteiger partial charge is 0.472 e. The van der Waals surface area contributed by atoms with Crippen LogP contribution in [0, 0.1) is 23.7 Å². The zero-order chi connectivity index (χ0) is 73.8. The predicted octanol–water partition coefficient (Wildman–Crippen LogP) is 24.0. The molecule has 0 spiro atoms. The Kier molecular flexibility index (Phi) is 68.7. The minimum absolute atomic E-state index is 0.102. The van der Waals surface area contributed by atoms with Crippen LogP contribution in [0.4, 0.5) is 0 Å². The van der Waals surface area contributed by atoms with Crippen LogP contribution in [-0.2, 0) is 65.4 Å². The van der Waals surface area contributed by atoms with Gasteiger partial charge in [0, 0.05) is 25.7 Å². The van der Waals surface area contributed by atoms with Gasteiger partial charge in [-0.15, -0.1) is 0 Å². The maximum absolute atomic E-state index is 13.1. The van der Waals surface area contributed by atoms with Crippen LogP contribution in [0.25, 0.3) is 0 Å². The fraction of sp³-hybridized carbons (Fsp3) is 0.951. The van der Waals surface area contributed by atoms with E-state index in [-0.39, 0.29) is 25.7 Å². The molecule has 0 saturated carbocycles. The van der Waals surface area contributed by atoms with Gasteiger partial charge < -0.3 is 33.8 Å². The molecule has 0 aliphatic rings. The first-order valence-electron chi connectivity index (χ1n) is 41.7. The van der Waals surface area contributed by atoms with E-state index in [9.17, 15) is 43.2 Å². The number of carbonyl (C=O) groups excluding carboxylic acids is 4. The number of phosphoric ester groups is 2. The number of rotatable bonds is 78. The Bertz CT molecular complexity index is 1950. The molecule has 0 radical (unpaired) electrons. The Labute approximate surface area is 613 Å².